The Bertz CT molecular complexity index is 1000. The maximum absolute atomic E-state index is 12.4. The molecule has 2 aliphatic rings. The van der Waals surface area contributed by atoms with Crippen LogP contribution < -0.4 is 10.1 Å². The van der Waals surface area contributed by atoms with Gasteiger partial charge in [-0.15, -0.1) is 0 Å². The van der Waals surface area contributed by atoms with Gasteiger partial charge in [-0.1, -0.05) is 24.6 Å². The predicted molar refractivity (Wildman–Crippen MR) is 121 cm³/mol. The lowest BCUT2D eigenvalue weighted by Crippen LogP contribution is -2.52. The molecule has 5 nitrogen and oxygen atoms in total. The van der Waals surface area contributed by atoms with Crippen molar-refractivity contribution in [3.8, 4) is 5.75 Å². The monoisotopic (exact) mass is 459 g/mol. The van der Waals surface area contributed by atoms with Gasteiger partial charge in [-0.05, 0) is 54.2 Å². The summed E-state index contributed by atoms with van der Waals surface area (Å²) in [5, 5.41) is 2.91. The number of hydrogen-bond donors (Lipinski definition) is 1. The third-order valence-electron chi connectivity index (χ3n) is 6.15. The molecule has 1 saturated heterocycles. The number of ether oxygens (including phenoxy) is 1. The Morgan fingerprint density at radius 2 is 2.09 bits per heavy atom. The van der Waals surface area contributed by atoms with Gasteiger partial charge in [0.2, 0.25) is 5.91 Å². The Labute approximate surface area is 191 Å². The molecule has 1 fully saturated rings. The van der Waals surface area contributed by atoms with Gasteiger partial charge >= 0.3 is 6.18 Å². The van der Waals surface area contributed by atoms with Gasteiger partial charge in [0.05, 0.1) is 24.4 Å². The molecule has 1 N–H and O–H groups in total. The number of rotatable bonds is 8. The highest BCUT2D eigenvalue weighted by Gasteiger charge is 2.34. The number of halogens is 3. The average Bonchev–Trinajstić information content (AvgIpc) is 2.73. The lowest BCUT2D eigenvalue weighted by Gasteiger charge is -2.40. The smallest absolute Gasteiger partial charge is 0.389 e. The number of carbonyl (C=O) groups is 1. The van der Waals surface area contributed by atoms with Gasteiger partial charge in [-0.2, -0.15) is 13.2 Å². The van der Waals surface area contributed by atoms with E-state index in [1.165, 1.54) is 5.57 Å². The van der Waals surface area contributed by atoms with Gasteiger partial charge in [0.25, 0.3) is 0 Å². The number of nitrogens with zero attached hydrogens (tertiary/aromatic N) is 2. The summed E-state index contributed by atoms with van der Waals surface area (Å²) in [7, 11) is 0. The number of carbonyl (C=O) groups excluding carboxylic acids is 1. The number of aromatic nitrogens is 1. The normalized spacial score (nSPS) is 18.8. The second-order valence-corrected chi connectivity index (χ2v) is 8.87. The highest BCUT2D eigenvalue weighted by molar-refractivity contribution is 5.93. The molecule has 1 aliphatic heterocycles. The van der Waals surface area contributed by atoms with Crippen LogP contribution in [-0.4, -0.2) is 48.2 Å². The van der Waals surface area contributed by atoms with Gasteiger partial charge in [-0.25, -0.2) is 0 Å². The summed E-state index contributed by atoms with van der Waals surface area (Å²) in [5.74, 6) is 0.971. The highest BCUT2D eigenvalue weighted by atomic mass is 19.4. The van der Waals surface area contributed by atoms with E-state index >= 15 is 0 Å². The van der Waals surface area contributed by atoms with E-state index in [4.69, 9.17) is 4.74 Å². The first kappa shape index (κ1) is 23.3. The van der Waals surface area contributed by atoms with Crippen LogP contribution in [0.1, 0.15) is 30.9 Å². The highest BCUT2D eigenvalue weighted by Crippen LogP contribution is 2.33. The van der Waals surface area contributed by atoms with Gasteiger partial charge < -0.3 is 10.1 Å². The lowest BCUT2D eigenvalue weighted by atomic mass is 9.83. The number of fused-ring (bicyclic) bond motifs is 1. The maximum Gasteiger partial charge on any atom is 0.389 e. The summed E-state index contributed by atoms with van der Waals surface area (Å²) in [6.45, 7) is 4.52. The van der Waals surface area contributed by atoms with E-state index in [9.17, 15) is 18.0 Å². The third-order valence-corrected chi connectivity index (χ3v) is 6.15. The number of hydrogen-bond acceptors (Lipinski definition) is 4. The van der Waals surface area contributed by atoms with E-state index in [-0.39, 0.29) is 24.9 Å². The molecule has 2 heterocycles. The zero-order chi connectivity index (χ0) is 23.4. The first-order valence-electron chi connectivity index (χ1n) is 11.2. The van der Waals surface area contributed by atoms with Gasteiger partial charge in [-0.3, -0.25) is 14.7 Å². The van der Waals surface area contributed by atoms with Crippen molar-refractivity contribution in [2.45, 2.75) is 32.4 Å². The Kier molecular flexibility index (Phi) is 7.02. The van der Waals surface area contributed by atoms with Crippen LogP contribution in [0, 0.1) is 11.8 Å². The molecule has 1 aromatic heterocycles. The van der Waals surface area contributed by atoms with Crippen molar-refractivity contribution in [3.63, 3.8) is 0 Å². The van der Waals surface area contributed by atoms with Crippen LogP contribution in [0.2, 0.25) is 0 Å². The fourth-order valence-corrected chi connectivity index (χ4v) is 4.26. The Morgan fingerprint density at radius 1 is 1.27 bits per heavy atom. The average molecular weight is 460 g/mol. The summed E-state index contributed by atoms with van der Waals surface area (Å²) < 4.78 is 42.3. The number of amides is 1. The maximum atomic E-state index is 12.4. The zero-order valence-electron chi connectivity index (χ0n) is 18.6. The van der Waals surface area contributed by atoms with Crippen molar-refractivity contribution < 1.29 is 22.7 Å². The largest absolute Gasteiger partial charge is 0.494 e. The molecule has 2 aromatic rings. The lowest BCUT2D eigenvalue weighted by molar-refractivity contribution is -0.136. The summed E-state index contributed by atoms with van der Waals surface area (Å²) in [6.07, 6.45) is 1.35. The SMILES string of the molecule is C[C@H]1Cc2cc(OCCCC(F)(F)F)ccc2C=C1CN1CC(C(=O)Nc2cccnc2)C1. The first-order valence-corrected chi connectivity index (χ1v) is 11.2. The number of pyridine rings is 1. The molecule has 1 amide bonds. The number of alkyl halides is 3. The number of benzene rings is 1. The van der Waals surface area contributed by atoms with E-state index in [1.54, 1.807) is 18.5 Å². The standard InChI is InChI=1S/C25H28F3N3O2/c1-17-10-19-12-23(33-9-3-7-25(26,27)28)6-5-18(19)11-20(17)14-31-15-21(16-31)24(32)30-22-4-2-8-29-13-22/h2,4-6,8,11-13,17,21H,3,7,9-10,14-16H2,1H3,(H,30,32)/t17-/m0/s1. The minimum absolute atomic E-state index is 0.0194. The second kappa shape index (κ2) is 9.95. The zero-order valence-corrected chi connectivity index (χ0v) is 18.6. The van der Waals surface area contributed by atoms with E-state index in [2.05, 4.69) is 28.2 Å². The van der Waals surface area contributed by atoms with Crippen molar-refractivity contribution in [3.05, 3.63) is 59.4 Å². The van der Waals surface area contributed by atoms with Crippen LogP contribution in [-0.2, 0) is 11.2 Å². The van der Waals surface area contributed by atoms with Crippen molar-refractivity contribution in [1.82, 2.24) is 9.88 Å². The van der Waals surface area contributed by atoms with Crippen LogP contribution in [0.4, 0.5) is 18.9 Å². The molecule has 0 saturated carbocycles. The van der Waals surface area contributed by atoms with Crippen molar-refractivity contribution in [1.29, 1.82) is 0 Å². The number of nitrogens with one attached hydrogen (secondary N) is 1. The van der Waals surface area contributed by atoms with Crippen LogP contribution in [0.25, 0.3) is 6.08 Å². The van der Waals surface area contributed by atoms with E-state index in [1.807, 2.05) is 24.3 Å². The summed E-state index contributed by atoms with van der Waals surface area (Å²) >= 11 is 0. The molecule has 1 atom stereocenters. The molecular formula is C25H28F3N3O2. The van der Waals surface area contributed by atoms with Gasteiger partial charge in [0.1, 0.15) is 5.75 Å². The molecule has 33 heavy (non-hydrogen) atoms. The topological polar surface area (TPSA) is 54.5 Å². The van der Waals surface area contributed by atoms with E-state index in [0.717, 1.165) is 37.2 Å². The summed E-state index contributed by atoms with van der Waals surface area (Å²) in [6, 6.07) is 9.35. The Hall–Kier alpha value is -2.87. The van der Waals surface area contributed by atoms with E-state index in [0.29, 0.717) is 17.4 Å². The van der Waals surface area contributed by atoms with Gasteiger partial charge in [0, 0.05) is 32.3 Å². The van der Waals surface area contributed by atoms with E-state index < -0.39 is 12.6 Å². The molecule has 4 rings (SSSR count). The summed E-state index contributed by atoms with van der Waals surface area (Å²) in [4.78, 5) is 18.7. The first-order chi connectivity index (χ1) is 15.8. The molecule has 1 aliphatic carbocycles. The Balaban J connectivity index is 1.27. The van der Waals surface area contributed by atoms with Crippen molar-refractivity contribution in [2.24, 2.45) is 11.8 Å². The second-order valence-electron chi connectivity index (χ2n) is 8.87. The molecule has 1 aromatic carbocycles. The Morgan fingerprint density at radius 3 is 2.82 bits per heavy atom. The fraction of sp³-hybridized carbons (Fsp3) is 0.440. The quantitative estimate of drug-likeness (QED) is 0.568. The molecule has 8 heteroatoms. The molecular weight excluding hydrogens is 431 g/mol. The minimum Gasteiger partial charge on any atom is -0.494 e. The van der Waals surface area contributed by atoms with Crippen LogP contribution in [0.15, 0.2) is 48.3 Å². The van der Waals surface area contributed by atoms with Crippen LogP contribution >= 0.6 is 0 Å². The molecule has 0 unspecified atom stereocenters. The fourth-order valence-electron chi connectivity index (χ4n) is 4.26. The summed E-state index contributed by atoms with van der Waals surface area (Å²) in [5.41, 5.74) is 4.31. The number of likely N-dealkylation sites (tertiary alicyclic amines) is 1. The molecule has 176 valence electrons. The third kappa shape index (κ3) is 6.35. The van der Waals surface area contributed by atoms with Crippen LogP contribution in [0.5, 0.6) is 5.75 Å². The van der Waals surface area contributed by atoms with Crippen molar-refractivity contribution >= 4 is 17.7 Å². The predicted octanol–water partition coefficient (Wildman–Crippen LogP) is 4.95. The van der Waals surface area contributed by atoms with Crippen molar-refractivity contribution in [2.75, 3.05) is 31.6 Å². The molecule has 0 radical (unpaired) electrons. The molecule has 0 bridgehead atoms. The number of anilines is 1. The molecule has 0 spiro atoms. The minimum atomic E-state index is -4.14. The van der Waals surface area contributed by atoms with Gasteiger partial charge in [0.15, 0.2) is 0 Å². The van der Waals surface area contributed by atoms with Crippen LogP contribution in [0.3, 0.4) is 0 Å².